The zero-order valence-electron chi connectivity index (χ0n) is 13.8. The maximum Gasteiger partial charge on any atom is 0.116 e. The van der Waals surface area contributed by atoms with Crippen molar-refractivity contribution in [2.75, 3.05) is 0 Å². The van der Waals surface area contributed by atoms with Gasteiger partial charge in [-0.2, -0.15) is 0 Å². The molecule has 0 fully saturated rings. The van der Waals surface area contributed by atoms with Crippen molar-refractivity contribution in [3.05, 3.63) is 29.3 Å². The Labute approximate surface area is 150 Å². The van der Waals surface area contributed by atoms with Crippen molar-refractivity contribution in [2.24, 2.45) is 0 Å². The van der Waals surface area contributed by atoms with Crippen molar-refractivity contribution in [1.82, 2.24) is 0 Å². The third-order valence-electron chi connectivity index (χ3n) is 2.92. The summed E-state index contributed by atoms with van der Waals surface area (Å²) in [5, 5.41) is 9.36. The summed E-state index contributed by atoms with van der Waals surface area (Å²) >= 11 is -1.15. The fraction of sp³-hybridized carbons (Fsp3) is 0.562. The first-order chi connectivity index (χ1) is 8.74. The van der Waals surface area contributed by atoms with Gasteiger partial charge in [-0.15, -0.1) is 24.8 Å². The van der Waals surface area contributed by atoms with E-state index in [1.807, 2.05) is 26.8 Å². The van der Waals surface area contributed by atoms with Crippen molar-refractivity contribution in [1.29, 1.82) is 0 Å². The smallest absolute Gasteiger partial charge is 0.116 e. The zero-order valence-corrected chi connectivity index (χ0v) is 17.0. The Balaban J connectivity index is -0.000000317. The first kappa shape index (κ1) is 26.0. The van der Waals surface area contributed by atoms with E-state index in [0.29, 0.717) is 5.75 Å². The van der Waals surface area contributed by atoms with Crippen molar-refractivity contribution in [2.45, 2.75) is 59.8 Å². The molecule has 1 N–H and O–H groups in total. The summed E-state index contributed by atoms with van der Waals surface area (Å²) in [4.78, 5) is 0. The van der Waals surface area contributed by atoms with Gasteiger partial charge in [0.1, 0.15) is 5.75 Å². The standard InChI is InChI=1S/C11H16O.C5H10.2ClH.FH.Ti/c1-8-5-9(11(2,3)4)7-10(12)6-8;1-3-5-4-2;;;;/h5-7,12H,1-4H3;3-4H2,1-2H3;3*1H;/q;;;;;+1/p-1. The van der Waals surface area contributed by atoms with Gasteiger partial charge in [0, 0.05) is 0 Å². The first-order valence-corrected chi connectivity index (χ1v) is 8.14. The Morgan fingerprint density at radius 2 is 1.57 bits per heavy atom. The Morgan fingerprint density at radius 1 is 1.10 bits per heavy atom. The van der Waals surface area contributed by atoms with E-state index in [1.165, 1.54) is 5.56 Å². The summed E-state index contributed by atoms with van der Waals surface area (Å²) in [6, 6.07) is 5.71. The van der Waals surface area contributed by atoms with Crippen LogP contribution in [0.25, 0.3) is 0 Å². The molecule has 0 heterocycles. The third kappa shape index (κ3) is 11.4. The van der Waals surface area contributed by atoms with Gasteiger partial charge in [-0.05, 0) is 35.6 Å². The largest absolute Gasteiger partial charge is 0.508 e. The molecule has 0 bridgehead atoms. The predicted molar refractivity (Wildman–Crippen MR) is 92.7 cm³/mol. The molecule has 0 aliphatic carbocycles. The zero-order chi connectivity index (χ0) is 15.1. The van der Waals surface area contributed by atoms with E-state index in [2.05, 4.69) is 26.8 Å². The van der Waals surface area contributed by atoms with Crippen LogP contribution in [-0.2, 0) is 24.6 Å². The molecule has 123 valence electrons. The Bertz CT molecular complexity index is 403. The van der Waals surface area contributed by atoms with Gasteiger partial charge in [-0.1, -0.05) is 26.8 Å². The van der Waals surface area contributed by atoms with E-state index in [4.69, 9.17) is 0 Å². The molecule has 0 radical (unpaired) electrons. The van der Waals surface area contributed by atoms with Gasteiger partial charge in [-0.25, -0.2) is 0 Å². The van der Waals surface area contributed by atoms with Crippen LogP contribution in [-0.4, -0.2) is 8.92 Å². The summed E-state index contributed by atoms with van der Waals surface area (Å²) in [7, 11) is 0. The molecule has 1 aromatic rings. The molecule has 21 heavy (non-hydrogen) atoms. The molecule has 0 amide bonds. The quantitative estimate of drug-likeness (QED) is 0.650. The number of hydrogen-bond donors (Lipinski definition) is 1. The number of phenolic OH excluding ortho intramolecular Hbond substituents is 1. The average molecular weight is 374 g/mol. The maximum atomic E-state index is 11.7. The van der Waals surface area contributed by atoms with Crippen LogP contribution < -0.4 is 0 Å². The molecule has 0 saturated carbocycles. The van der Waals surface area contributed by atoms with E-state index >= 15 is 0 Å². The van der Waals surface area contributed by atoms with Gasteiger partial charge < -0.3 is 5.11 Å². The molecule has 0 atom stereocenters. The second kappa shape index (κ2) is 12.6. The van der Waals surface area contributed by atoms with Crippen LogP contribution in [0.3, 0.4) is 0 Å². The van der Waals surface area contributed by atoms with E-state index in [0.717, 1.165) is 22.2 Å². The van der Waals surface area contributed by atoms with Crippen molar-refractivity contribution >= 4 is 28.6 Å². The molecular weight excluding hydrogens is 346 g/mol. The minimum atomic E-state index is -1.15. The van der Waals surface area contributed by atoms with Crippen LogP contribution in [0, 0.1) is 6.92 Å². The fourth-order valence-corrected chi connectivity index (χ4v) is 2.00. The van der Waals surface area contributed by atoms with Crippen molar-refractivity contribution in [3.63, 3.8) is 0 Å². The molecular formula is C16H28Cl2FOTi. The second-order valence-corrected chi connectivity index (χ2v) is 7.11. The van der Waals surface area contributed by atoms with E-state index in [9.17, 15) is 8.20 Å². The summed E-state index contributed by atoms with van der Waals surface area (Å²) in [6.45, 7) is 12.4. The number of rotatable bonds is 2. The molecule has 0 aliphatic rings. The fourth-order valence-electron chi connectivity index (χ4n) is 1.58. The van der Waals surface area contributed by atoms with Crippen molar-refractivity contribution < 1.29 is 27.4 Å². The Morgan fingerprint density at radius 3 is 1.81 bits per heavy atom. The molecule has 0 spiro atoms. The molecule has 0 unspecified atom stereocenters. The number of hydrogen-bond acceptors (Lipinski definition) is 1. The van der Waals surface area contributed by atoms with E-state index < -0.39 is 19.2 Å². The SMILES string of the molecule is CC[C](CC)=[Ti][F].Cc1cc(O)cc(C(C)(C)C)c1.Cl.Cl. The van der Waals surface area contributed by atoms with Gasteiger partial charge in [0.2, 0.25) is 0 Å². The second-order valence-electron chi connectivity index (χ2n) is 5.71. The molecule has 1 nitrogen and oxygen atoms in total. The Kier molecular flexibility index (Phi) is 15.7. The summed E-state index contributed by atoms with van der Waals surface area (Å²) in [6.07, 6.45) is 1.90. The van der Waals surface area contributed by atoms with Gasteiger partial charge >= 0.3 is 52.8 Å². The molecule has 0 saturated heterocycles. The normalized spacial score (nSPS) is 9.29. The number of phenols is 1. The molecule has 0 aliphatic heterocycles. The van der Waals surface area contributed by atoms with Gasteiger partial charge in [0.15, 0.2) is 0 Å². The number of aromatic hydroxyl groups is 1. The summed E-state index contributed by atoms with van der Waals surface area (Å²) < 4.78 is 12.9. The van der Waals surface area contributed by atoms with Crippen LogP contribution in [0.1, 0.15) is 58.6 Å². The maximum absolute atomic E-state index is 11.7. The first-order valence-electron chi connectivity index (χ1n) is 6.77. The monoisotopic (exact) mass is 373 g/mol. The molecule has 5 heteroatoms. The Hall–Kier alpha value is 0.114. The number of benzene rings is 1. The number of aryl methyl sites for hydroxylation is 1. The van der Waals surface area contributed by atoms with Crippen LogP contribution in [0.5, 0.6) is 5.75 Å². The van der Waals surface area contributed by atoms with E-state index in [-0.39, 0.29) is 30.2 Å². The van der Waals surface area contributed by atoms with Gasteiger partial charge in [0.25, 0.3) is 0 Å². The molecule has 1 aromatic carbocycles. The summed E-state index contributed by atoms with van der Waals surface area (Å²) in [5.74, 6) is 0.361. The van der Waals surface area contributed by atoms with Crippen LogP contribution in [0.4, 0.5) is 3.09 Å². The average Bonchev–Trinajstić information content (AvgIpc) is 2.30. The van der Waals surface area contributed by atoms with Gasteiger partial charge in [-0.3, -0.25) is 0 Å². The molecule has 0 aromatic heterocycles. The van der Waals surface area contributed by atoms with E-state index in [1.54, 1.807) is 6.07 Å². The van der Waals surface area contributed by atoms with Crippen LogP contribution >= 0.6 is 24.8 Å². The van der Waals surface area contributed by atoms with Gasteiger partial charge in [0.05, 0.1) is 0 Å². The van der Waals surface area contributed by atoms with Crippen LogP contribution in [0.2, 0.25) is 0 Å². The topological polar surface area (TPSA) is 20.2 Å². The number of halogens is 3. The minimum Gasteiger partial charge on any atom is -0.508 e. The van der Waals surface area contributed by atoms with Crippen LogP contribution in [0.15, 0.2) is 18.2 Å². The predicted octanol–water partition coefficient (Wildman–Crippen LogP) is 5.79. The summed E-state index contributed by atoms with van der Waals surface area (Å²) in [5.41, 5.74) is 2.41. The third-order valence-corrected chi connectivity index (χ3v) is 4.44. The minimum absolute atomic E-state index is 0. The van der Waals surface area contributed by atoms with Crippen molar-refractivity contribution in [3.8, 4) is 5.75 Å². The molecule has 1 rings (SSSR count).